The Hall–Kier alpha value is -4.06. The lowest BCUT2D eigenvalue weighted by Crippen LogP contribution is -2.30. The van der Waals surface area contributed by atoms with Crippen LogP contribution in [0, 0.1) is 6.92 Å². The standard InChI is InChI=1S/C28H27NO5/c1-17(2)34-22-15-11-20(12-16-22)26(30)24-25(19-9-13-21(33-4)14-10-19)29(28(32)27(24)31)23-8-6-5-7-18(23)3/h5-17,25,30H,1-4H3/b26-24+. The third kappa shape index (κ3) is 4.27. The number of aliphatic hydroxyl groups excluding tert-OH is 1. The predicted molar refractivity (Wildman–Crippen MR) is 131 cm³/mol. The third-order valence-corrected chi connectivity index (χ3v) is 5.75. The van der Waals surface area contributed by atoms with Crippen LogP contribution in [0.5, 0.6) is 11.5 Å². The molecule has 3 aromatic rings. The molecule has 1 N–H and O–H groups in total. The molecule has 1 fully saturated rings. The first-order valence-corrected chi connectivity index (χ1v) is 11.1. The van der Waals surface area contributed by atoms with Crippen LogP contribution in [0.3, 0.4) is 0 Å². The number of aliphatic hydroxyl groups is 1. The van der Waals surface area contributed by atoms with Gasteiger partial charge in [0.2, 0.25) is 0 Å². The van der Waals surface area contributed by atoms with Crippen molar-refractivity contribution in [3.8, 4) is 11.5 Å². The smallest absolute Gasteiger partial charge is 0.300 e. The number of ketones is 1. The number of methoxy groups -OCH3 is 1. The molecule has 0 saturated carbocycles. The first-order chi connectivity index (χ1) is 16.3. The average molecular weight is 458 g/mol. The van der Waals surface area contributed by atoms with Gasteiger partial charge in [-0.2, -0.15) is 0 Å². The largest absolute Gasteiger partial charge is 0.507 e. The summed E-state index contributed by atoms with van der Waals surface area (Å²) in [6, 6.07) is 20.5. The molecule has 0 radical (unpaired) electrons. The van der Waals surface area contributed by atoms with Crippen molar-refractivity contribution in [1.29, 1.82) is 0 Å². The number of nitrogens with zero attached hydrogens (tertiary/aromatic N) is 1. The molecule has 6 heteroatoms. The molecule has 0 aliphatic carbocycles. The fourth-order valence-corrected chi connectivity index (χ4v) is 4.14. The van der Waals surface area contributed by atoms with Gasteiger partial charge in [-0.25, -0.2) is 0 Å². The van der Waals surface area contributed by atoms with E-state index in [9.17, 15) is 14.7 Å². The number of rotatable bonds is 6. The summed E-state index contributed by atoms with van der Waals surface area (Å²) in [5, 5.41) is 11.3. The molecule has 1 aliphatic rings. The third-order valence-electron chi connectivity index (χ3n) is 5.75. The van der Waals surface area contributed by atoms with Crippen molar-refractivity contribution in [3.05, 3.63) is 95.1 Å². The Morgan fingerprint density at radius 2 is 1.53 bits per heavy atom. The first-order valence-electron chi connectivity index (χ1n) is 11.1. The lowest BCUT2D eigenvalue weighted by Gasteiger charge is -2.27. The molecule has 0 bridgehead atoms. The second-order valence-corrected chi connectivity index (χ2v) is 8.42. The van der Waals surface area contributed by atoms with Crippen molar-refractivity contribution in [3.63, 3.8) is 0 Å². The normalized spacial score (nSPS) is 17.3. The minimum absolute atomic E-state index is 0.00829. The van der Waals surface area contributed by atoms with Gasteiger partial charge in [-0.1, -0.05) is 30.3 Å². The van der Waals surface area contributed by atoms with E-state index in [1.54, 1.807) is 61.7 Å². The van der Waals surface area contributed by atoms with Gasteiger partial charge in [-0.05, 0) is 74.4 Å². The summed E-state index contributed by atoms with van der Waals surface area (Å²) >= 11 is 0. The lowest BCUT2D eigenvalue weighted by molar-refractivity contribution is -0.132. The molecule has 1 saturated heterocycles. The molecule has 6 nitrogen and oxygen atoms in total. The molecule has 34 heavy (non-hydrogen) atoms. The number of carbonyl (C=O) groups excluding carboxylic acids is 2. The molecular weight excluding hydrogens is 430 g/mol. The molecular formula is C28H27NO5. The van der Waals surface area contributed by atoms with Crippen LogP contribution in [0.4, 0.5) is 5.69 Å². The Bertz CT molecular complexity index is 1240. The van der Waals surface area contributed by atoms with Crippen LogP contribution in [0.25, 0.3) is 5.76 Å². The first kappa shape index (κ1) is 23.1. The fraction of sp³-hybridized carbons (Fsp3) is 0.214. The molecule has 0 spiro atoms. The van der Waals surface area contributed by atoms with Gasteiger partial charge in [0.05, 0.1) is 24.8 Å². The zero-order valence-electron chi connectivity index (χ0n) is 19.6. The van der Waals surface area contributed by atoms with Gasteiger partial charge in [0, 0.05) is 11.3 Å². The molecule has 4 rings (SSSR count). The Balaban J connectivity index is 1.87. The van der Waals surface area contributed by atoms with Crippen molar-refractivity contribution in [2.75, 3.05) is 12.0 Å². The summed E-state index contributed by atoms with van der Waals surface area (Å²) < 4.78 is 10.9. The Kier molecular flexibility index (Phi) is 6.41. The highest BCUT2D eigenvalue weighted by Crippen LogP contribution is 2.43. The van der Waals surface area contributed by atoms with Crippen LogP contribution in [0.15, 0.2) is 78.4 Å². The summed E-state index contributed by atoms with van der Waals surface area (Å²) in [4.78, 5) is 28.0. The molecule has 1 unspecified atom stereocenters. The Labute approximate surface area is 199 Å². The van der Waals surface area contributed by atoms with Crippen molar-refractivity contribution >= 4 is 23.1 Å². The van der Waals surface area contributed by atoms with E-state index in [0.29, 0.717) is 28.3 Å². The number of anilines is 1. The van der Waals surface area contributed by atoms with Gasteiger partial charge in [0.25, 0.3) is 11.7 Å². The number of carbonyl (C=O) groups is 2. The number of aryl methyl sites for hydroxylation is 1. The van der Waals surface area contributed by atoms with Gasteiger partial charge >= 0.3 is 0 Å². The molecule has 3 aromatic carbocycles. The van der Waals surface area contributed by atoms with Gasteiger partial charge in [0.15, 0.2) is 0 Å². The van der Waals surface area contributed by atoms with Gasteiger partial charge in [0.1, 0.15) is 17.3 Å². The van der Waals surface area contributed by atoms with E-state index in [1.165, 1.54) is 4.90 Å². The van der Waals surface area contributed by atoms with E-state index in [4.69, 9.17) is 9.47 Å². The van der Waals surface area contributed by atoms with E-state index >= 15 is 0 Å². The van der Waals surface area contributed by atoms with E-state index < -0.39 is 17.7 Å². The summed E-state index contributed by atoms with van der Waals surface area (Å²) in [7, 11) is 1.57. The SMILES string of the molecule is COc1ccc(C2/C(=C(\O)c3ccc(OC(C)C)cc3)C(=O)C(=O)N2c2ccccc2C)cc1. The van der Waals surface area contributed by atoms with Crippen molar-refractivity contribution in [2.24, 2.45) is 0 Å². The van der Waals surface area contributed by atoms with Crippen molar-refractivity contribution in [1.82, 2.24) is 0 Å². The maximum absolute atomic E-state index is 13.3. The summed E-state index contributed by atoms with van der Waals surface area (Å²) in [6.07, 6.45) is 0.00829. The fourth-order valence-electron chi connectivity index (χ4n) is 4.14. The van der Waals surface area contributed by atoms with Gasteiger partial charge < -0.3 is 14.6 Å². The highest BCUT2D eigenvalue weighted by atomic mass is 16.5. The number of ether oxygens (including phenoxy) is 2. The monoisotopic (exact) mass is 457 g/mol. The Morgan fingerprint density at radius 1 is 0.912 bits per heavy atom. The summed E-state index contributed by atoms with van der Waals surface area (Å²) in [6.45, 7) is 5.73. The number of hydrogen-bond acceptors (Lipinski definition) is 5. The number of hydrogen-bond donors (Lipinski definition) is 1. The van der Waals surface area contributed by atoms with Crippen LogP contribution in [-0.2, 0) is 9.59 Å². The second kappa shape index (κ2) is 9.43. The van der Waals surface area contributed by atoms with Gasteiger partial charge in [-0.15, -0.1) is 0 Å². The van der Waals surface area contributed by atoms with Gasteiger partial charge in [-0.3, -0.25) is 14.5 Å². The van der Waals surface area contributed by atoms with Crippen LogP contribution in [0.1, 0.15) is 36.6 Å². The quantitative estimate of drug-likeness (QED) is 0.304. The minimum Gasteiger partial charge on any atom is -0.507 e. The zero-order chi connectivity index (χ0) is 24.4. The molecule has 1 amide bonds. The second-order valence-electron chi connectivity index (χ2n) is 8.42. The predicted octanol–water partition coefficient (Wildman–Crippen LogP) is 5.42. The number of amides is 1. The highest BCUT2D eigenvalue weighted by Gasteiger charge is 2.47. The van der Waals surface area contributed by atoms with E-state index in [-0.39, 0.29) is 17.4 Å². The number of benzene rings is 3. The van der Waals surface area contributed by atoms with Crippen LogP contribution in [0.2, 0.25) is 0 Å². The van der Waals surface area contributed by atoms with Crippen molar-refractivity contribution in [2.45, 2.75) is 32.9 Å². The number of Topliss-reactive ketones (excluding diaryl/α,β-unsaturated/α-hetero) is 1. The Morgan fingerprint density at radius 3 is 2.12 bits per heavy atom. The van der Waals surface area contributed by atoms with E-state index in [1.807, 2.05) is 39.0 Å². The molecule has 0 aromatic heterocycles. The topological polar surface area (TPSA) is 76.1 Å². The average Bonchev–Trinajstić information content (AvgIpc) is 3.09. The van der Waals surface area contributed by atoms with Crippen LogP contribution in [-0.4, -0.2) is 30.0 Å². The maximum Gasteiger partial charge on any atom is 0.300 e. The summed E-state index contributed by atoms with van der Waals surface area (Å²) in [5.74, 6) is -0.345. The van der Waals surface area contributed by atoms with E-state index in [0.717, 1.165) is 5.56 Å². The molecule has 1 heterocycles. The maximum atomic E-state index is 13.3. The number of para-hydroxylation sites is 1. The van der Waals surface area contributed by atoms with E-state index in [2.05, 4.69) is 0 Å². The molecule has 1 atom stereocenters. The van der Waals surface area contributed by atoms with Crippen LogP contribution >= 0.6 is 0 Å². The van der Waals surface area contributed by atoms with Crippen LogP contribution < -0.4 is 14.4 Å². The minimum atomic E-state index is -0.793. The molecule has 174 valence electrons. The molecule has 1 aliphatic heterocycles. The summed E-state index contributed by atoms with van der Waals surface area (Å²) in [5.41, 5.74) is 2.61. The zero-order valence-corrected chi connectivity index (χ0v) is 19.6. The lowest BCUT2D eigenvalue weighted by atomic mass is 9.95. The highest BCUT2D eigenvalue weighted by molar-refractivity contribution is 6.51. The van der Waals surface area contributed by atoms with Crippen molar-refractivity contribution < 1.29 is 24.2 Å².